The Balaban J connectivity index is 1.90. The molecule has 0 aliphatic carbocycles. The van der Waals surface area contributed by atoms with Crippen LogP contribution in [0.25, 0.3) is 21.9 Å². The maximum absolute atomic E-state index is 12.4. The zero-order valence-corrected chi connectivity index (χ0v) is 14.2. The molecule has 5 rings (SSSR count). The maximum atomic E-state index is 12.4. The number of ether oxygens (including phenoxy) is 4. The molecule has 0 fully saturated rings. The van der Waals surface area contributed by atoms with Crippen molar-refractivity contribution in [1.29, 1.82) is 0 Å². The second kappa shape index (κ2) is 5.44. The molecule has 0 amide bonds. The van der Waals surface area contributed by atoms with Gasteiger partial charge in [-0.25, -0.2) is 4.79 Å². The first kappa shape index (κ1) is 15.6. The molecule has 0 aromatic heterocycles. The number of esters is 1. The lowest BCUT2D eigenvalue weighted by Gasteiger charge is -2.15. The standard InChI is InChI=1S/C20H14O7/c1-24-15-6-11-10(5-13(15)21)17(18-12(19(11)22)7-25-20(18)23)9-2-3-14-16(4-9)27-8-26-14/h2-6,21-22H,7-8H2,1H3. The number of phenolic OH excluding ortho intramolecular Hbond substituents is 2. The van der Waals surface area contributed by atoms with Gasteiger partial charge in [0.05, 0.1) is 12.7 Å². The van der Waals surface area contributed by atoms with Crippen molar-refractivity contribution >= 4 is 16.7 Å². The Morgan fingerprint density at radius 1 is 0.963 bits per heavy atom. The Hall–Kier alpha value is -3.61. The smallest absolute Gasteiger partial charge is 0.339 e. The number of hydrogen-bond donors (Lipinski definition) is 2. The van der Waals surface area contributed by atoms with Crippen LogP contribution in [0.5, 0.6) is 28.7 Å². The quantitative estimate of drug-likeness (QED) is 0.672. The summed E-state index contributed by atoms with van der Waals surface area (Å²) < 4.78 is 21.1. The second-order valence-corrected chi connectivity index (χ2v) is 6.29. The van der Waals surface area contributed by atoms with E-state index in [4.69, 9.17) is 18.9 Å². The number of rotatable bonds is 2. The summed E-state index contributed by atoms with van der Waals surface area (Å²) >= 11 is 0. The number of benzene rings is 3. The molecule has 2 N–H and O–H groups in total. The van der Waals surface area contributed by atoms with Gasteiger partial charge in [0.15, 0.2) is 23.0 Å². The molecule has 7 nitrogen and oxygen atoms in total. The molecule has 0 saturated carbocycles. The Labute approximate surface area is 153 Å². The van der Waals surface area contributed by atoms with Crippen LogP contribution in [-0.4, -0.2) is 30.1 Å². The topological polar surface area (TPSA) is 94.5 Å². The van der Waals surface area contributed by atoms with Gasteiger partial charge in [0, 0.05) is 16.5 Å². The number of methoxy groups -OCH3 is 1. The molecule has 2 heterocycles. The normalized spacial score (nSPS) is 14.3. The fourth-order valence-corrected chi connectivity index (χ4v) is 3.63. The van der Waals surface area contributed by atoms with Crippen LogP contribution in [0.2, 0.25) is 0 Å². The number of carbonyl (C=O) groups excluding carboxylic acids is 1. The fraction of sp³-hybridized carbons (Fsp3) is 0.150. The zero-order chi connectivity index (χ0) is 18.7. The summed E-state index contributed by atoms with van der Waals surface area (Å²) in [6.07, 6.45) is 0. The first-order chi connectivity index (χ1) is 13.1. The summed E-state index contributed by atoms with van der Waals surface area (Å²) in [5, 5.41) is 21.9. The average molecular weight is 366 g/mol. The number of hydrogen-bond acceptors (Lipinski definition) is 7. The fourth-order valence-electron chi connectivity index (χ4n) is 3.63. The van der Waals surface area contributed by atoms with Gasteiger partial charge in [-0.2, -0.15) is 0 Å². The van der Waals surface area contributed by atoms with Crippen LogP contribution in [0, 0.1) is 0 Å². The van der Waals surface area contributed by atoms with E-state index in [9.17, 15) is 15.0 Å². The van der Waals surface area contributed by atoms with Gasteiger partial charge in [0.1, 0.15) is 12.4 Å². The molecule has 0 unspecified atom stereocenters. The first-order valence-corrected chi connectivity index (χ1v) is 8.24. The molecule has 0 radical (unpaired) electrons. The lowest BCUT2D eigenvalue weighted by Crippen LogP contribution is -1.99. The van der Waals surface area contributed by atoms with Gasteiger partial charge in [0.2, 0.25) is 6.79 Å². The van der Waals surface area contributed by atoms with Crippen molar-refractivity contribution in [3.05, 3.63) is 41.5 Å². The number of carbonyl (C=O) groups is 1. The molecule has 2 aliphatic heterocycles. The second-order valence-electron chi connectivity index (χ2n) is 6.29. The van der Waals surface area contributed by atoms with Crippen LogP contribution in [-0.2, 0) is 11.3 Å². The number of fused-ring (bicyclic) bond motifs is 3. The Kier molecular flexibility index (Phi) is 3.15. The minimum Gasteiger partial charge on any atom is -0.507 e. The molecule has 136 valence electrons. The first-order valence-electron chi connectivity index (χ1n) is 8.24. The van der Waals surface area contributed by atoms with Crippen LogP contribution < -0.4 is 14.2 Å². The summed E-state index contributed by atoms with van der Waals surface area (Å²) in [5.41, 5.74) is 1.93. The molecule has 7 heteroatoms. The van der Waals surface area contributed by atoms with Crippen molar-refractivity contribution in [3.63, 3.8) is 0 Å². The third-order valence-electron chi connectivity index (χ3n) is 4.89. The predicted octanol–water partition coefficient (Wildman–Crippen LogP) is 3.33. The average Bonchev–Trinajstić information content (AvgIpc) is 3.28. The van der Waals surface area contributed by atoms with E-state index in [-0.39, 0.29) is 36.2 Å². The highest BCUT2D eigenvalue weighted by atomic mass is 16.7. The van der Waals surface area contributed by atoms with Crippen LogP contribution >= 0.6 is 0 Å². The molecular formula is C20H14O7. The molecular weight excluding hydrogens is 352 g/mol. The Bertz CT molecular complexity index is 1130. The maximum Gasteiger partial charge on any atom is 0.339 e. The minimum absolute atomic E-state index is 0.0172. The summed E-state index contributed by atoms with van der Waals surface area (Å²) in [6, 6.07) is 8.33. The summed E-state index contributed by atoms with van der Waals surface area (Å²) in [4.78, 5) is 12.4. The third-order valence-corrected chi connectivity index (χ3v) is 4.89. The molecule has 27 heavy (non-hydrogen) atoms. The molecule has 0 atom stereocenters. The largest absolute Gasteiger partial charge is 0.507 e. The van der Waals surface area contributed by atoms with Gasteiger partial charge in [-0.15, -0.1) is 0 Å². The van der Waals surface area contributed by atoms with E-state index in [1.807, 2.05) is 0 Å². The highest BCUT2D eigenvalue weighted by molar-refractivity contribution is 6.13. The Morgan fingerprint density at radius 3 is 2.59 bits per heavy atom. The molecule has 0 bridgehead atoms. The van der Waals surface area contributed by atoms with Crippen molar-refractivity contribution in [2.45, 2.75) is 6.61 Å². The van der Waals surface area contributed by atoms with Gasteiger partial charge < -0.3 is 29.2 Å². The lowest BCUT2D eigenvalue weighted by atomic mass is 9.89. The number of cyclic esters (lactones) is 1. The monoisotopic (exact) mass is 366 g/mol. The molecule has 2 aliphatic rings. The van der Waals surface area contributed by atoms with Crippen LogP contribution in [0.1, 0.15) is 15.9 Å². The highest BCUT2D eigenvalue weighted by Crippen LogP contribution is 2.48. The van der Waals surface area contributed by atoms with E-state index in [1.54, 1.807) is 24.3 Å². The van der Waals surface area contributed by atoms with E-state index < -0.39 is 5.97 Å². The van der Waals surface area contributed by atoms with Crippen molar-refractivity contribution in [1.82, 2.24) is 0 Å². The van der Waals surface area contributed by atoms with E-state index in [2.05, 4.69) is 0 Å². The predicted molar refractivity (Wildman–Crippen MR) is 94.5 cm³/mol. The van der Waals surface area contributed by atoms with E-state index in [1.165, 1.54) is 13.2 Å². The van der Waals surface area contributed by atoms with Gasteiger partial charge in [-0.1, -0.05) is 6.07 Å². The summed E-state index contributed by atoms with van der Waals surface area (Å²) in [7, 11) is 1.43. The van der Waals surface area contributed by atoms with Gasteiger partial charge in [-0.05, 0) is 35.2 Å². The summed E-state index contributed by atoms with van der Waals surface area (Å²) in [6.45, 7) is 0.115. The molecule has 0 spiro atoms. The Morgan fingerprint density at radius 2 is 1.78 bits per heavy atom. The minimum atomic E-state index is -0.523. The molecule has 3 aromatic rings. The zero-order valence-electron chi connectivity index (χ0n) is 14.2. The van der Waals surface area contributed by atoms with E-state index >= 15 is 0 Å². The van der Waals surface area contributed by atoms with Crippen molar-refractivity contribution in [2.75, 3.05) is 13.9 Å². The van der Waals surface area contributed by atoms with Gasteiger partial charge in [-0.3, -0.25) is 0 Å². The van der Waals surface area contributed by atoms with E-state index in [0.29, 0.717) is 39.0 Å². The molecule has 0 saturated heterocycles. The third kappa shape index (κ3) is 2.11. The summed E-state index contributed by atoms with van der Waals surface area (Å²) in [5.74, 6) is 0.716. The van der Waals surface area contributed by atoms with Gasteiger partial charge >= 0.3 is 5.97 Å². The SMILES string of the molecule is COc1cc2c(O)c3c(c(-c4ccc5c(c4)OCO5)c2cc1O)C(=O)OC3. The van der Waals surface area contributed by atoms with Crippen molar-refractivity contribution in [3.8, 4) is 39.9 Å². The van der Waals surface area contributed by atoms with Crippen LogP contribution in [0.15, 0.2) is 30.3 Å². The number of aromatic hydroxyl groups is 2. The number of phenols is 2. The highest BCUT2D eigenvalue weighted by Gasteiger charge is 2.32. The van der Waals surface area contributed by atoms with Crippen molar-refractivity contribution < 1.29 is 34.0 Å². The van der Waals surface area contributed by atoms with Crippen LogP contribution in [0.4, 0.5) is 0 Å². The van der Waals surface area contributed by atoms with Gasteiger partial charge in [0.25, 0.3) is 0 Å². The lowest BCUT2D eigenvalue weighted by molar-refractivity contribution is 0.0535. The van der Waals surface area contributed by atoms with Crippen molar-refractivity contribution in [2.24, 2.45) is 0 Å². The molecule has 3 aromatic carbocycles. The van der Waals surface area contributed by atoms with Crippen LogP contribution in [0.3, 0.4) is 0 Å². The van der Waals surface area contributed by atoms with E-state index in [0.717, 1.165) is 0 Å².